The summed E-state index contributed by atoms with van der Waals surface area (Å²) in [5, 5.41) is 7.12. The molecule has 0 bridgehead atoms. The van der Waals surface area contributed by atoms with Gasteiger partial charge in [0.15, 0.2) is 0 Å². The minimum Gasteiger partial charge on any atom is -0.497 e. The van der Waals surface area contributed by atoms with Crippen molar-refractivity contribution in [3.05, 3.63) is 42.5 Å². The average Bonchev–Trinajstić information content (AvgIpc) is 2.73. The molecule has 172 valence electrons. The summed E-state index contributed by atoms with van der Waals surface area (Å²) in [4.78, 5) is 25.1. The molecule has 1 amide bonds. The van der Waals surface area contributed by atoms with E-state index in [4.69, 9.17) is 19.4 Å². The fourth-order valence-electron chi connectivity index (χ4n) is 3.52. The zero-order valence-corrected chi connectivity index (χ0v) is 17.4. The maximum atomic E-state index is 11.9. The van der Waals surface area contributed by atoms with Crippen LogP contribution in [0.1, 0.15) is 18.4 Å². The van der Waals surface area contributed by atoms with Gasteiger partial charge in [-0.15, -0.1) is 6.58 Å². The van der Waals surface area contributed by atoms with Crippen molar-refractivity contribution < 1.29 is 37.3 Å². The predicted octanol–water partition coefficient (Wildman–Crippen LogP) is 2.71. The van der Waals surface area contributed by atoms with Crippen molar-refractivity contribution in [2.75, 3.05) is 39.9 Å². The van der Waals surface area contributed by atoms with Gasteiger partial charge in [-0.3, -0.25) is 9.69 Å². The number of carbonyl (C=O) groups excluding carboxylic acids is 1. The molecule has 2 fully saturated rings. The second kappa shape index (κ2) is 10.6. The number of methoxy groups -OCH3 is 1. The third kappa shape index (κ3) is 7.25. The molecule has 0 aromatic heterocycles. The minimum absolute atomic E-state index is 0.0705. The number of ether oxygens (including phenoxy) is 2. The van der Waals surface area contributed by atoms with Crippen LogP contribution in [0.25, 0.3) is 0 Å². The number of halogens is 3. The summed E-state index contributed by atoms with van der Waals surface area (Å²) in [6.07, 6.45) is -1.37. The van der Waals surface area contributed by atoms with Crippen molar-refractivity contribution in [3.8, 4) is 5.75 Å². The van der Waals surface area contributed by atoms with Gasteiger partial charge in [-0.1, -0.05) is 18.2 Å². The molecule has 1 aromatic rings. The number of amides is 1. The molecule has 1 N–H and O–H groups in total. The maximum Gasteiger partial charge on any atom is 0.490 e. The Bertz CT molecular complexity index is 759. The van der Waals surface area contributed by atoms with Crippen LogP contribution in [0, 0.1) is 0 Å². The summed E-state index contributed by atoms with van der Waals surface area (Å²) in [6.45, 7) is 8.16. The van der Waals surface area contributed by atoms with Crippen LogP contribution in [0.4, 0.5) is 13.2 Å². The monoisotopic (exact) mass is 444 g/mol. The molecule has 3 rings (SSSR count). The van der Waals surface area contributed by atoms with Gasteiger partial charge in [0.1, 0.15) is 12.4 Å². The highest BCUT2D eigenvalue weighted by molar-refractivity contribution is 5.78. The molecular formula is C21H27F3N2O5. The van der Waals surface area contributed by atoms with Crippen LogP contribution < -0.4 is 4.74 Å². The number of carboxylic acids is 1. The van der Waals surface area contributed by atoms with Crippen LogP contribution in [0.5, 0.6) is 5.75 Å². The first kappa shape index (κ1) is 24.7. The largest absolute Gasteiger partial charge is 0.497 e. The van der Waals surface area contributed by atoms with Gasteiger partial charge < -0.3 is 19.5 Å². The molecule has 0 aliphatic carbocycles. The SMILES string of the molecule is C=CCN1CC2(CCN(Cc3ccc(OC)cc3)CC2)OCC1=O.O=C(O)C(F)(F)F. The van der Waals surface area contributed by atoms with Crippen molar-refractivity contribution in [2.45, 2.75) is 31.2 Å². The minimum atomic E-state index is -5.08. The Kier molecular flexibility index (Phi) is 8.46. The lowest BCUT2D eigenvalue weighted by Crippen LogP contribution is -2.58. The fraction of sp³-hybridized carbons (Fsp3) is 0.524. The number of alkyl halides is 3. The summed E-state index contributed by atoms with van der Waals surface area (Å²) in [7, 11) is 1.68. The van der Waals surface area contributed by atoms with Crippen LogP contribution in [0.2, 0.25) is 0 Å². The van der Waals surface area contributed by atoms with Gasteiger partial charge in [-0.25, -0.2) is 4.79 Å². The zero-order valence-electron chi connectivity index (χ0n) is 17.4. The van der Waals surface area contributed by atoms with Gasteiger partial charge in [0.2, 0.25) is 5.91 Å². The first-order valence-corrected chi connectivity index (χ1v) is 9.76. The van der Waals surface area contributed by atoms with Crippen LogP contribution in [-0.4, -0.2) is 78.5 Å². The van der Waals surface area contributed by atoms with E-state index in [0.29, 0.717) is 13.1 Å². The normalized spacial score (nSPS) is 18.8. The molecule has 0 saturated carbocycles. The molecule has 1 spiro atoms. The number of aliphatic carboxylic acids is 1. The van der Waals surface area contributed by atoms with E-state index in [1.165, 1.54) is 5.56 Å². The Balaban J connectivity index is 0.000000423. The second-order valence-electron chi connectivity index (χ2n) is 7.46. The molecule has 0 unspecified atom stereocenters. The van der Waals surface area contributed by atoms with Crippen LogP contribution in [-0.2, 0) is 20.9 Å². The number of carboxylic acid groups (broad SMARTS) is 1. The first-order valence-electron chi connectivity index (χ1n) is 9.76. The van der Waals surface area contributed by atoms with Gasteiger partial charge in [-0.2, -0.15) is 13.2 Å². The van der Waals surface area contributed by atoms with E-state index in [0.717, 1.165) is 38.2 Å². The molecule has 0 atom stereocenters. The van der Waals surface area contributed by atoms with E-state index in [-0.39, 0.29) is 18.1 Å². The fourth-order valence-corrected chi connectivity index (χ4v) is 3.52. The van der Waals surface area contributed by atoms with Crippen LogP contribution >= 0.6 is 0 Å². The third-order valence-electron chi connectivity index (χ3n) is 5.26. The van der Waals surface area contributed by atoms with E-state index in [9.17, 15) is 18.0 Å². The lowest BCUT2D eigenvalue weighted by Gasteiger charge is -2.46. The molecule has 2 aliphatic heterocycles. The van der Waals surface area contributed by atoms with Crippen molar-refractivity contribution >= 4 is 11.9 Å². The number of morpholine rings is 1. The molecule has 10 heteroatoms. The molecule has 2 heterocycles. The van der Waals surface area contributed by atoms with Crippen molar-refractivity contribution in [1.82, 2.24) is 9.80 Å². The number of carbonyl (C=O) groups is 2. The molecule has 31 heavy (non-hydrogen) atoms. The van der Waals surface area contributed by atoms with E-state index >= 15 is 0 Å². The van der Waals surface area contributed by atoms with E-state index in [1.807, 2.05) is 17.0 Å². The van der Waals surface area contributed by atoms with Crippen LogP contribution in [0.15, 0.2) is 36.9 Å². The lowest BCUT2D eigenvalue weighted by molar-refractivity contribution is -0.192. The molecule has 7 nitrogen and oxygen atoms in total. The maximum absolute atomic E-state index is 11.9. The number of rotatable bonds is 5. The van der Waals surface area contributed by atoms with Gasteiger partial charge >= 0.3 is 12.1 Å². The summed E-state index contributed by atoms with van der Waals surface area (Å²) >= 11 is 0. The quantitative estimate of drug-likeness (QED) is 0.704. The Labute approximate surface area is 179 Å². The molecular weight excluding hydrogens is 417 g/mol. The number of hydrogen-bond acceptors (Lipinski definition) is 5. The van der Waals surface area contributed by atoms with Gasteiger partial charge in [0.05, 0.1) is 19.3 Å². The van der Waals surface area contributed by atoms with Crippen LogP contribution in [0.3, 0.4) is 0 Å². The molecule has 2 saturated heterocycles. The van der Waals surface area contributed by atoms with Crippen molar-refractivity contribution in [1.29, 1.82) is 0 Å². The molecule has 2 aliphatic rings. The Morgan fingerprint density at radius 2 is 1.87 bits per heavy atom. The van der Waals surface area contributed by atoms with Gasteiger partial charge in [-0.05, 0) is 30.5 Å². The van der Waals surface area contributed by atoms with Crippen molar-refractivity contribution in [3.63, 3.8) is 0 Å². The average molecular weight is 444 g/mol. The predicted molar refractivity (Wildman–Crippen MR) is 107 cm³/mol. The zero-order chi connectivity index (χ0) is 23.1. The van der Waals surface area contributed by atoms with Gasteiger partial charge in [0, 0.05) is 26.2 Å². The smallest absolute Gasteiger partial charge is 0.490 e. The molecule has 0 radical (unpaired) electrons. The molecule has 1 aromatic carbocycles. The summed E-state index contributed by atoms with van der Waals surface area (Å²) in [5.74, 6) is -1.80. The Hall–Kier alpha value is -2.59. The summed E-state index contributed by atoms with van der Waals surface area (Å²) in [5.41, 5.74) is 1.12. The van der Waals surface area contributed by atoms with E-state index in [2.05, 4.69) is 23.6 Å². The standard InChI is InChI=1S/C19H26N2O3.C2HF3O2/c1-3-10-21-15-19(24-14-18(21)22)8-11-20(12-9-19)13-16-4-6-17(23-2)7-5-16;3-2(4,5)1(6)7/h3-7H,1,8-15H2,2H3;(H,6,7). The second-order valence-corrected chi connectivity index (χ2v) is 7.46. The van der Waals surface area contributed by atoms with E-state index < -0.39 is 12.1 Å². The lowest BCUT2D eigenvalue weighted by atomic mass is 9.89. The first-order chi connectivity index (χ1) is 14.6. The summed E-state index contributed by atoms with van der Waals surface area (Å²) < 4.78 is 42.9. The highest BCUT2D eigenvalue weighted by Crippen LogP contribution is 2.31. The number of piperidine rings is 1. The summed E-state index contributed by atoms with van der Waals surface area (Å²) in [6, 6.07) is 8.24. The van der Waals surface area contributed by atoms with Gasteiger partial charge in [0.25, 0.3) is 0 Å². The third-order valence-corrected chi connectivity index (χ3v) is 5.26. The highest BCUT2D eigenvalue weighted by Gasteiger charge is 2.41. The topological polar surface area (TPSA) is 79.3 Å². The van der Waals surface area contributed by atoms with Crippen molar-refractivity contribution in [2.24, 2.45) is 0 Å². The van der Waals surface area contributed by atoms with E-state index in [1.54, 1.807) is 13.2 Å². The Morgan fingerprint density at radius 1 is 1.29 bits per heavy atom. The highest BCUT2D eigenvalue weighted by atomic mass is 19.4. The number of hydrogen-bond donors (Lipinski definition) is 1. The number of benzene rings is 1. The number of nitrogens with zero attached hydrogens (tertiary/aromatic N) is 2. The Morgan fingerprint density at radius 3 is 2.35 bits per heavy atom. The number of likely N-dealkylation sites (tertiary alicyclic amines) is 1.